The average molecular weight is 221 g/mol. The Kier molecular flexibility index (Phi) is 2.83. The Morgan fingerprint density at radius 2 is 2.07 bits per heavy atom. The molecule has 2 aromatic heterocycles. The van der Waals surface area contributed by atoms with Crippen molar-refractivity contribution >= 4 is 11.6 Å². The van der Waals surface area contributed by atoms with Gasteiger partial charge >= 0.3 is 0 Å². The van der Waals surface area contributed by atoms with E-state index in [1.54, 1.807) is 25.4 Å². The molecular formula is C11H9ClN2O. The number of hydrogen-bond acceptors (Lipinski definition) is 3. The lowest BCUT2D eigenvalue weighted by Crippen LogP contribution is -1.88. The maximum Gasteiger partial charge on any atom is 0.212 e. The van der Waals surface area contributed by atoms with Crippen LogP contribution in [-0.4, -0.2) is 17.1 Å². The van der Waals surface area contributed by atoms with Crippen LogP contribution in [0.2, 0.25) is 5.15 Å². The number of aromatic nitrogens is 2. The maximum atomic E-state index is 5.80. The molecule has 0 aliphatic heterocycles. The smallest absolute Gasteiger partial charge is 0.212 e. The second-order valence-electron chi connectivity index (χ2n) is 2.93. The molecule has 0 bridgehead atoms. The summed E-state index contributed by atoms with van der Waals surface area (Å²) in [6, 6.07) is 9.16. The summed E-state index contributed by atoms with van der Waals surface area (Å²) < 4.78 is 4.97. The molecule has 0 saturated carbocycles. The van der Waals surface area contributed by atoms with E-state index in [0.717, 1.165) is 11.3 Å². The Labute approximate surface area is 92.7 Å². The molecule has 0 aliphatic rings. The number of halogens is 1. The van der Waals surface area contributed by atoms with Gasteiger partial charge in [-0.1, -0.05) is 17.7 Å². The SMILES string of the molecule is COc1ccc(-c2cccc(Cl)n2)cn1. The molecule has 0 radical (unpaired) electrons. The van der Waals surface area contributed by atoms with E-state index in [2.05, 4.69) is 9.97 Å². The molecule has 15 heavy (non-hydrogen) atoms. The normalized spacial score (nSPS) is 10.0. The van der Waals surface area contributed by atoms with Gasteiger partial charge in [0.2, 0.25) is 5.88 Å². The summed E-state index contributed by atoms with van der Waals surface area (Å²) in [6.07, 6.45) is 1.71. The Hall–Kier alpha value is -1.61. The van der Waals surface area contributed by atoms with E-state index in [0.29, 0.717) is 11.0 Å². The lowest BCUT2D eigenvalue weighted by Gasteiger charge is -2.02. The fraction of sp³-hybridized carbons (Fsp3) is 0.0909. The van der Waals surface area contributed by atoms with E-state index in [9.17, 15) is 0 Å². The van der Waals surface area contributed by atoms with Crippen molar-refractivity contribution in [2.75, 3.05) is 7.11 Å². The van der Waals surface area contributed by atoms with Gasteiger partial charge in [-0.3, -0.25) is 0 Å². The topological polar surface area (TPSA) is 35.0 Å². The first-order valence-electron chi connectivity index (χ1n) is 4.42. The molecule has 2 heterocycles. The molecule has 0 saturated heterocycles. The van der Waals surface area contributed by atoms with Gasteiger partial charge in [0.15, 0.2) is 0 Å². The highest BCUT2D eigenvalue weighted by molar-refractivity contribution is 6.29. The minimum atomic E-state index is 0.475. The van der Waals surface area contributed by atoms with Gasteiger partial charge in [0, 0.05) is 17.8 Å². The van der Waals surface area contributed by atoms with Gasteiger partial charge in [0.1, 0.15) is 5.15 Å². The Morgan fingerprint density at radius 3 is 2.67 bits per heavy atom. The van der Waals surface area contributed by atoms with Gasteiger partial charge < -0.3 is 4.74 Å². The Balaban J connectivity index is 2.37. The van der Waals surface area contributed by atoms with E-state index >= 15 is 0 Å². The van der Waals surface area contributed by atoms with Gasteiger partial charge in [-0.05, 0) is 18.2 Å². The standard InChI is InChI=1S/C11H9ClN2O/c1-15-11-6-5-8(7-13-11)9-3-2-4-10(12)14-9/h2-7H,1H3. The van der Waals surface area contributed by atoms with Crippen molar-refractivity contribution in [3.63, 3.8) is 0 Å². The summed E-state index contributed by atoms with van der Waals surface area (Å²) in [5, 5.41) is 0.475. The summed E-state index contributed by atoms with van der Waals surface area (Å²) in [5.41, 5.74) is 1.72. The molecule has 76 valence electrons. The number of hydrogen-bond donors (Lipinski definition) is 0. The average Bonchev–Trinajstić information content (AvgIpc) is 2.29. The fourth-order valence-corrected chi connectivity index (χ4v) is 1.39. The van der Waals surface area contributed by atoms with Crippen molar-refractivity contribution in [3.05, 3.63) is 41.7 Å². The van der Waals surface area contributed by atoms with E-state index in [4.69, 9.17) is 16.3 Å². The molecule has 0 amide bonds. The Morgan fingerprint density at radius 1 is 1.20 bits per heavy atom. The van der Waals surface area contributed by atoms with Crippen molar-refractivity contribution in [2.45, 2.75) is 0 Å². The second-order valence-corrected chi connectivity index (χ2v) is 3.32. The summed E-state index contributed by atoms with van der Waals surface area (Å²) >= 11 is 5.80. The molecule has 0 atom stereocenters. The first-order valence-corrected chi connectivity index (χ1v) is 4.80. The zero-order chi connectivity index (χ0) is 10.7. The van der Waals surface area contributed by atoms with Crippen LogP contribution in [0, 0.1) is 0 Å². The van der Waals surface area contributed by atoms with Crippen molar-refractivity contribution in [3.8, 4) is 17.1 Å². The van der Waals surface area contributed by atoms with Crippen molar-refractivity contribution in [2.24, 2.45) is 0 Å². The quantitative estimate of drug-likeness (QED) is 0.730. The highest BCUT2D eigenvalue weighted by Crippen LogP contribution is 2.19. The number of pyridine rings is 2. The molecule has 0 unspecified atom stereocenters. The summed E-state index contributed by atoms with van der Waals surface area (Å²) in [7, 11) is 1.58. The molecule has 4 heteroatoms. The Bertz CT molecular complexity index is 456. The van der Waals surface area contributed by atoms with Crippen molar-refractivity contribution < 1.29 is 4.74 Å². The third kappa shape index (κ3) is 2.25. The maximum absolute atomic E-state index is 5.80. The van der Waals surface area contributed by atoms with E-state index < -0.39 is 0 Å². The molecule has 2 rings (SSSR count). The number of ether oxygens (including phenoxy) is 1. The lowest BCUT2D eigenvalue weighted by atomic mass is 10.2. The molecule has 0 aliphatic carbocycles. The third-order valence-corrected chi connectivity index (χ3v) is 2.17. The van der Waals surface area contributed by atoms with Gasteiger partial charge in [-0.15, -0.1) is 0 Å². The number of nitrogens with zero attached hydrogens (tertiary/aromatic N) is 2. The predicted octanol–water partition coefficient (Wildman–Crippen LogP) is 2.81. The summed E-state index contributed by atoms with van der Waals surface area (Å²) in [5.74, 6) is 0.584. The van der Waals surface area contributed by atoms with Crippen LogP contribution in [0.1, 0.15) is 0 Å². The van der Waals surface area contributed by atoms with Crippen LogP contribution in [0.4, 0.5) is 0 Å². The second kappa shape index (κ2) is 4.28. The predicted molar refractivity (Wildman–Crippen MR) is 59.0 cm³/mol. The highest BCUT2D eigenvalue weighted by Gasteiger charge is 2.00. The first-order chi connectivity index (χ1) is 7.29. The van der Waals surface area contributed by atoms with Gasteiger partial charge in [0.25, 0.3) is 0 Å². The van der Waals surface area contributed by atoms with Gasteiger partial charge in [-0.2, -0.15) is 0 Å². The first kappa shape index (κ1) is 9.93. The number of methoxy groups -OCH3 is 1. The summed E-state index contributed by atoms with van der Waals surface area (Å²) in [6.45, 7) is 0. The van der Waals surface area contributed by atoms with Gasteiger partial charge in [0.05, 0.1) is 12.8 Å². The molecule has 0 spiro atoms. The zero-order valence-corrected chi connectivity index (χ0v) is 8.90. The molecular weight excluding hydrogens is 212 g/mol. The van der Waals surface area contributed by atoms with Crippen LogP contribution >= 0.6 is 11.6 Å². The minimum Gasteiger partial charge on any atom is -0.481 e. The molecule has 2 aromatic rings. The van der Waals surface area contributed by atoms with Crippen LogP contribution in [0.15, 0.2) is 36.5 Å². The van der Waals surface area contributed by atoms with Gasteiger partial charge in [-0.25, -0.2) is 9.97 Å². The number of rotatable bonds is 2. The highest BCUT2D eigenvalue weighted by atomic mass is 35.5. The minimum absolute atomic E-state index is 0.475. The largest absolute Gasteiger partial charge is 0.481 e. The molecule has 0 N–H and O–H groups in total. The van der Waals surface area contributed by atoms with E-state index in [1.165, 1.54) is 0 Å². The monoisotopic (exact) mass is 220 g/mol. The molecule has 3 nitrogen and oxygen atoms in total. The van der Waals surface area contributed by atoms with E-state index in [1.807, 2.05) is 18.2 Å². The van der Waals surface area contributed by atoms with Crippen LogP contribution in [0.3, 0.4) is 0 Å². The van der Waals surface area contributed by atoms with E-state index in [-0.39, 0.29) is 0 Å². The zero-order valence-electron chi connectivity index (χ0n) is 8.14. The third-order valence-electron chi connectivity index (χ3n) is 1.96. The molecule has 0 aromatic carbocycles. The summed E-state index contributed by atoms with van der Waals surface area (Å²) in [4.78, 5) is 8.28. The molecule has 0 fully saturated rings. The van der Waals surface area contributed by atoms with Crippen LogP contribution in [-0.2, 0) is 0 Å². The van der Waals surface area contributed by atoms with Crippen LogP contribution < -0.4 is 4.74 Å². The van der Waals surface area contributed by atoms with Crippen LogP contribution in [0.25, 0.3) is 11.3 Å². The van der Waals surface area contributed by atoms with Crippen LogP contribution in [0.5, 0.6) is 5.88 Å². The lowest BCUT2D eigenvalue weighted by molar-refractivity contribution is 0.398. The van der Waals surface area contributed by atoms with Crippen molar-refractivity contribution in [1.29, 1.82) is 0 Å². The van der Waals surface area contributed by atoms with Crippen molar-refractivity contribution in [1.82, 2.24) is 9.97 Å². The fourth-order valence-electron chi connectivity index (χ4n) is 1.22.